The summed E-state index contributed by atoms with van der Waals surface area (Å²) in [4.78, 5) is 30.8. The number of H-pyrrole nitrogens is 2. The number of nitrogens with one attached hydrogen (secondary N) is 3. The zero-order chi connectivity index (χ0) is 19.0. The van der Waals surface area contributed by atoms with Crippen molar-refractivity contribution in [1.29, 1.82) is 0 Å². The Morgan fingerprint density at radius 3 is 2.63 bits per heavy atom. The Kier molecular flexibility index (Phi) is 4.11. The Hall–Kier alpha value is -3.62. The van der Waals surface area contributed by atoms with Crippen LogP contribution >= 0.6 is 0 Å². The molecule has 0 radical (unpaired) electrons. The number of hydrogen-bond acceptors (Lipinski definition) is 6. The molecule has 9 heteroatoms. The minimum atomic E-state index is -0.273. The number of hydrogen-bond donors (Lipinski definition) is 5. The van der Waals surface area contributed by atoms with Crippen LogP contribution in [0.1, 0.15) is 34.9 Å². The molecule has 7 N–H and O–H groups in total. The molecule has 0 unspecified atom stereocenters. The SMILES string of the molecule is Nc1nc(C2CC(NC(=O)c3[nH]nc(N)c3-c3ccccc3)C2)cc(=O)[nH]1. The molecule has 9 nitrogen and oxygen atoms in total. The molecule has 138 valence electrons. The fourth-order valence-electron chi connectivity index (χ4n) is 3.36. The minimum absolute atomic E-state index is 0.0158. The van der Waals surface area contributed by atoms with Gasteiger partial charge in [-0.05, 0) is 18.4 Å². The number of nitrogens with two attached hydrogens (primary N) is 2. The van der Waals surface area contributed by atoms with E-state index >= 15 is 0 Å². The molecule has 0 atom stereocenters. The summed E-state index contributed by atoms with van der Waals surface area (Å²) in [6.07, 6.45) is 1.37. The summed E-state index contributed by atoms with van der Waals surface area (Å²) in [5.74, 6) is 0.215. The molecule has 1 amide bonds. The lowest BCUT2D eigenvalue weighted by Crippen LogP contribution is -2.44. The first kappa shape index (κ1) is 16.8. The average Bonchev–Trinajstić information content (AvgIpc) is 2.99. The standard InChI is InChI=1S/C18H19N7O2/c19-16-14(9-4-2-1-3-5-9)15(24-25-16)17(27)21-11-6-10(7-11)12-8-13(26)23-18(20)22-12/h1-5,8,10-11H,6-7H2,(H,21,27)(H3,19,24,25)(H3,20,22,23,26). The molecular weight excluding hydrogens is 346 g/mol. The molecule has 1 saturated carbocycles. The molecule has 4 rings (SSSR count). The Morgan fingerprint density at radius 1 is 1.19 bits per heavy atom. The van der Waals surface area contributed by atoms with Crippen LogP contribution in [-0.2, 0) is 0 Å². The average molecular weight is 365 g/mol. The predicted octanol–water partition coefficient (Wildman–Crippen LogP) is 1.00. The summed E-state index contributed by atoms with van der Waals surface area (Å²) in [6, 6.07) is 10.8. The molecule has 1 fully saturated rings. The number of benzene rings is 1. The lowest BCUT2D eigenvalue weighted by Gasteiger charge is -2.35. The molecule has 0 bridgehead atoms. The molecule has 0 aliphatic heterocycles. The van der Waals surface area contributed by atoms with Gasteiger partial charge in [0.1, 0.15) is 5.69 Å². The zero-order valence-electron chi connectivity index (χ0n) is 14.4. The lowest BCUT2D eigenvalue weighted by molar-refractivity contribution is 0.0903. The zero-order valence-corrected chi connectivity index (χ0v) is 14.4. The highest BCUT2D eigenvalue weighted by Crippen LogP contribution is 2.36. The van der Waals surface area contributed by atoms with Crippen LogP contribution in [0.5, 0.6) is 0 Å². The van der Waals surface area contributed by atoms with Gasteiger partial charge in [-0.3, -0.25) is 19.7 Å². The van der Waals surface area contributed by atoms with Crippen LogP contribution < -0.4 is 22.3 Å². The van der Waals surface area contributed by atoms with E-state index in [2.05, 4.69) is 25.5 Å². The highest BCUT2D eigenvalue weighted by atomic mass is 16.2. The van der Waals surface area contributed by atoms with Gasteiger partial charge in [0.25, 0.3) is 11.5 Å². The second kappa shape index (κ2) is 6.60. The van der Waals surface area contributed by atoms with E-state index in [1.54, 1.807) is 0 Å². The van der Waals surface area contributed by atoms with Crippen LogP contribution in [-0.4, -0.2) is 32.1 Å². The van der Waals surface area contributed by atoms with Gasteiger partial charge in [-0.25, -0.2) is 4.98 Å². The largest absolute Gasteiger partial charge is 0.382 e. The lowest BCUT2D eigenvalue weighted by atomic mass is 9.78. The van der Waals surface area contributed by atoms with Crippen LogP contribution in [0.2, 0.25) is 0 Å². The van der Waals surface area contributed by atoms with Crippen LogP contribution in [0.15, 0.2) is 41.2 Å². The molecule has 1 aliphatic rings. The van der Waals surface area contributed by atoms with Crippen molar-refractivity contribution in [2.24, 2.45) is 0 Å². The molecule has 1 aliphatic carbocycles. The number of aromatic nitrogens is 4. The van der Waals surface area contributed by atoms with Crippen molar-refractivity contribution in [3.05, 3.63) is 58.1 Å². The smallest absolute Gasteiger partial charge is 0.270 e. The fraction of sp³-hybridized carbons (Fsp3) is 0.222. The second-order valence-corrected chi connectivity index (χ2v) is 6.62. The second-order valence-electron chi connectivity index (χ2n) is 6.62. The van der Waals surface area contributed by atoms with Crippen molar-refractivity contribution in [3.8, 4) is 11.1 Å². The Bertz CT molecular complexity index is 1040. The van der Waals surface area contributed by atoms with E-state index in [1.165, 1.54) is 6.07 Å². The Labute approximate surface area is 154 Å². The van der Waals surface area contributed by atoms with Crippen molar-refractivity contribution in [3.63, 3.8) is 0 Å². The third-order valence-corrected chi connectivity index (χ3v) is 4.76. The van der Waals surface area contributed by atoms with Crippen LogP contribution in [0.3, 0.4) is 0 Å². The van der Waals surface area contributed by atoms with Crippen molar-refractivity contribution in [2.75, 3.05) is 11.5 Å². The third-order valence-electron chi connectivity index (χ3n) is 4.76. The van der Waals surface area contributed by atoms with E-state index in [1.807, 2.05) is 30.3 Å². The maximum absolute atomic E-state index is 12.7. The summed E-state index contributed by atoms with van der Waals surface area (Å²) in [5, 5.41) is 9.67. The quantitative estimate of drug-likeness (QED) is 0.464. The molecular formula is C18H19N7O2. The maximum atomic E-state index is 12.7. The maximum Gasteiger partial charge on any atom is 0.270 e. The fourth-order valence-corrected chi connectivity index (χ4v) is 3.36. The van der Waals surface area contributed by atoms with Gasteiger partial charge in [0.15, 0.2) is 5.82 Å². The van der Waals surface area contributed by atoms with Crippen LogP contribution in [0, 0.1) is 0 Å². The van der Waals surface area contributed by atoms with Crippen LogP contribution in [0.4, 0.5) is 11.8 Å². The van der Waals surface area contributed by atoms with Gasteiger partial charge in [-0.1, -0.05) is 30.3 Å². The number of nitrogen functional groups attached to an aromatic ring is 2. The highest BCUT2D eigenvalue weighted by molar-refractivity contribution is 6.01. The van der Waals surface area contributed by atoms with Gasteiger partial charge in [0.2, 0.25) is 5.95 Å². The first-order chi connectivity index (χ1) is 13.0. The van der Waals surface area contributed by atoms with E-state index in [4.69, 9.17) is 11.5 Å². The van der Waals surface area contributed by atoms with Gasteiger partial charge in [0, 0.05) is 18.0 Å². The minimum Gasteiger partial charge on any atom is -0.382 e. The first-order valence-corrected chi connectivity index (χ1v) is 8.58. The summed E-state index contributed by atoms with van der Waals surface area (Å²) >= 11 is 0. The number of aromatic amines is 2. The van der Waals surface area contributed by atoms with E-state index < -0.39 is 0 Å². The summed E-state index contributed by atoms with van der Waals surface area (Å²) < 4.78 is 0. The van der Waals surface area contributed by atoms with E-state index in [-0.39, 0.29) is 35.2 Å². The molecule has 27 heavy (non-hydrogen) atoms. The van der Waals surface area contributed by atoms with E-state index in [0.717, 1.165) is 5.56 Å². The number of carbonyl (C=O) groups is 1. The van der Waals surface area contributed by atoms with E-state index in [9.17, 15) is 9.59 Å². The summed E-state index contributed by atoms with van der Waals surface area (Å²) in [5.41, 5.74) is 13.6. The van der Waals surface area contributed by atoms with Crippen molar-refractivity contribution < 1.29 is 4.79 Å². The Morgan fingerprint density at radius 2 is 1.93 bits per heavy atom. The predicted molar refractivity (Wildman–Crippen MR) is 101 cm³/mol. The van der Waals surface area contributed by atoms with Gasteiger partial charge in [0.05, 0.1) is 11.3 Å². The summed E-state index contributed by atoms with van der Waals surface area (Å²) in [7, 11) is 0. The van der Waals surface area contributed by atoms with Gasteiger partial charge in [-0.2, -0.15) is 5.10 Å². The Balaban J connectivity index is 1.45. The molecule has 1 aromatic carbocycles. The van der Waals surface area contributed by atoms with Gasteiger partial charge >= 0.3 is 0 Å². The third kappa shape index (κ3) is 3.26. The van der Waals surface area contributed by atoms with Crippen LogP contribution in [0.25, 0.3) is 11.1 Å². The number of nitrogens with zero attached hydrogens (tertiary/aromatic N) is 2. The van der Waals surface area contributed by atoms with E-state index in [0.29, 0.717) is 29.8 Å². The monoisotopic (exact) mass is 365 g/mol. The van der Waals surface area contributed by atoms with Crippen molar-refractivity contribution >= 4 is 17.7 Å². The number of amides is 1. The summed E-state index contributed by atoms with van der Waals surface area (Å²) in [6.45, 7) is 0. The molecule has 0 saturated heterocycles. The number of rotatable bonds is 4. The highest BCUT2D eigenvalue weighted by Gasteiger charge is 2.34. The van der Waals surface area contributed by atoms with Crippen molar-refractivity contribution in [2.45, 2.75) is 24.8 Å². The molecule has 3 aromatic rings. The van der Waals surface area contributed by atoms with Gasteiger partial charge in [-0.15, -0.1) is 0 Å². The normalized spacial score (nSPS) is 18.7. The molecule has 2 aromatic heterocycles. The van der Waals surface area contributed by atoms with Gasteiger partial charge < -0.3 is 16.8 Å². The van der Waals surface area contributed by atoms with Crippen molar-refractivity contribution in [1.82, 2.24) is 25.5 Å². The number of carbonyl (C=O) groups excluding carboxylic acids is 1. The first-order valence-electron chi connectivity index (χ1n) is 8.58. The molecule has 2 heterocycles. The number of anilines is 2. The topological polar surface area (TPSA) is 156 Å². The molecule has 0 spiro atoms.